The van der Waals surface area contributed by atoms with Crippen LogP contribution in [0.1, 0.15) is 12.0 Å². The maximum absolute atomic E-state index is 5.88. The van der Waals surface area contributed by atoms with Crippen LogP contribution >= 0.6 is 0 Å². The van der Waals surface area contributed by atoms with Gasteiger partial charge in [-0.1, -0.05) is 36.4 Å². The molecule has 0 aliphatic carbocycles. The van der Waals surface area contributed by atoms with E-state index in [9.17, 15) is 0 Å². The number of nitrogens with zero attached hydrogens (tertiary/aromatic N) is 3. The smallest absolute Gasteiger partial charge is 0.198 e. The number of anilines is 1. The highest BCUT2D eigenvalue weighted by Gasteiger charge is 2.30. The maximum Gasteiger partial charge on any atom is 0.198 e. The minimum atomic E-state index is 0.355. The maximum atomic E-state index is 5.88. The summed E-state index contributed by atoms with van der Waals surface area (Å²) in [4.78, 5) is 7.59. The molecule has 3 aromatic rings. The third-order valence-corrected chi connectivity index (χ3v) is 4.95. The van der Waals surface area contributed by atoms with Crippen molar-refractivity contribution in [1.29, 1.82) is 0 Å². The van der Waals surface area contributed by atoms with Crippen LogP contribution in [0.25, 0.3) is 22.2 Å². The first-order valence-corrected chi connectivity index (χ1v) is 8.73. The zero-order chi connectivity index (χ0) is 17.5. The standard InChI is InChI=1S/C18H20N8/c19-18-21-15-7-3-6-13(16(15)22-18)12-4-1-2-5-14(12)17-23-24-25-26(17)11-8-9-20-10-11/h1-7,11,20,24-25H,8-10H2,(H3,19,21,22)/t11-/m1/s1. The summed E-state index contributed by atoms with van der Waals surface area (Å²) in [5.41, 5.74) is 16.9. The van der Waals surface area contributed by atoms with Crippen LogP contribution in [0, 0.1) is 0 Å². The van der Waals surface area contributed by atoms with Crippen molar-refractivity contribution in [3.8, 4) is 11.1 Å². The van der Waals surface area contributed by atoms with Crippen LogP contribution < -0.4 is 22.1 Å². The summed E-state index contributed by atoms with van der Waals surface area (Å²) in [6.07, 6.45) is 1.07. The second-order valence-corrected chi connectivity index (χ2v) is 6.55. The summed E-state index contributed by atoms with van der Waals surface area (Å²) in [6.45, 7) is 1.95. The van der Waals surface area contributed by atoms with Gasteiger partial charge in [0.15, 0.2) is 11.8 Å². The highest BCUT2D eigenvalue weighted by molar-refractivity contribution is 6.07. The van der Waals surface area contributed by atoms with Gasteiger partial charge in [-0.2, -0.15) is 0 Å². The second kappa shape index (κ2) is 6.01. The monoisotopic (exact) mass is 348 g/mol. The van der Waals surface area contributed by atoms with Gasteiger partial charge in [-0.05, 0) is 24.6 Å². The molecular weight excluding hydrogens is 328 g/mol. The Hall–Kier alpha value is -3.10. The van der Waals surface area contributed by atoms with E-state index in [0.717, 1.165) is 53.1 Å². The molecule has 1 saturated heterocycles. The van der Waals surface area contributed by atoms with Gasteiger partial charge in [0.2, 0.25) is 0 Å². The molecule has 0 amide bonds. The fourth-order valence-electron chi connectivity index (χ4n) is 3.73. The van der Waals surface area contributed by atoms with Crippen LogP contribution in [0.5, 0.6) is 0 Å². The number of aromatic nitrogens is 2. The highest BCUT2D eigenvalue weighted by atomic mass is 15.8. The second-order valence-electron chi connectivity index (χ2n) is 6.55. The number of rotatable bonds is 3. The molecule has 132 valence electrons. The van der Waals surface area contributed by atoms with E-state index in [1.54, 1.807) is 0 Å². The molecule has 5 rings (SSSR count). The number of amidine groups is 1. The molecule has 6 N–H and O–H groups in total. The minimum absolute atomic E-state index is 0.355. The first-order valence-electron chi connectivity index (χ1n) is 8.73. The first kappa shape index (κ1) is 15.2. The van der Waals surface area contributed by atoms with Gasteiger partial charge < -0.3 is 16.0 Å². The Balaban J connectivity index is 1.63. The predicted molar refractivity (Wildman–Crippen MR) is 102 cm³/mol. The van der Waals surface area contributed by atoms with Crippen LogP contribution in [-0.4, -0.2) is 39.9 Å². The Morgan fingerprint density at radius 2 is 1.88 bits per heavy atom. The van der Waals surface area contributed by atoms with Gasteiger partial charge in [-0.15, -0.1) is 10.6 Å². The number of fused-ring (bicyclic) bond motifs is 1. The number of nitrogens with one attached hydrogen (secondary N) is 4. The van der Waals surface area contributed by atoms with Crippen molar-refractivity contribution in [2.75, 3.05) is 18.8 Å². The van der Waals surface area contributed by atoms with E-state index in [4.69, 9.17) is 5.73 Å². The molecule has 8 nitrogen and oxygen atoms in total. The number of aromatic amines is 1. The van der Waals surface area contributed by atoms with Crippen molar-refractivity contribution in [1.82, 2.24) is 31.4 Å². The molecule has 2 aliphatic heterocycles. The van der Waals surface area contributed by atoms with Gasteiger partial charge in [-0.25, -0.2) is 10.5 Å². The SMILES string of the molecule is Nc1nc2c(-c3ccccc3C3=NNNN3[C@@H]3CCNC3)cccc2[nH]1. The van der Waals surface area contributed by atoms with Gasteiger partial charge in [0, 0.05) is 17.7 Å². The van der Waals surface area contributed by atoms with Crippen LogP contribution in [0.15, 0.2) is 47.6 Å². The lowest BCUT2D eigenvalue weighted by molar-refractivity contribution is 0.233. The molecule has 3 heterocycles. The van der Waals surface area contributed by atoms with Gasteiger partial charge in [0.25, 0.3) is 0 Å². The van der Waals surface area contributed by atoms with Crippen molar-refractivity contribution in [3.05, 3.63) is 48.0 Å². The lowest BCUT2D eigenvalue weighted by Crippen LogP contribution is -2.49. The fourth-order valence-corrected chi connectivity index (χ4v) is 3.73. The Morgan fingerprint density at radius 3 is 2.73 bits per heavy atom. The van der Waals surface area contributed by atoms with Crippen LogP contribution in [-0.2, 0) is 0 Å². The Labute approximate surface area is 150 Å². The summed E-state index contributed by atoms with van der Waals surface area (Å²) in [5.74, 6) is 1.31. The van der Waals surface area contributed by atoms with Crippen molar-refractivity contribution in [2.45, 2.75) is 12.5 Å². The number of benzene rings is 2. The molecule has 2 aromatic carbocycles. The third-order valence-electron chi connectivity index (χ3n) is 4.95. The van der Waals surface area contributed by atoms with Crippen molar-refractivity contribution in [3.63, 3.8) is 0 Å². The quantitative estimate of drug-likeness (QED) is 0.486. The number of hydrogen-bond donors (Lipinski definition) is 5. The zero-order valence-electron chi connectivity index (χ0n) is 14.2. The number of nitrogens with two attached hydrogens (primary N) is 1. The first-order chi connectivity index (χ1) is 12.8. The third kappa shape index (κ3) is 2.39. The largest absolute Gasteiger partial charge is 0.369 e. The molecule has 0 saturated carbocycles. The van der Waals surface area contributed by atoms with Crippen molar-refractivity contribution < 1.29 is 0 Å². The summed E-state index contributed by atoms with van der Waals surface area (Å²) < 4.78 is 0. The van der Waals surface area contributed by atoms with Crippen LogP contribution in [0.4, 0.5) is 5.95 Å². The summed E-state index contributed by atoms with van der Waals surface area (Å²) in [5, 5.41) is 10.0. The average Bonchev–Trinajstić information content (AvgIpc) is 3.40. The van der Waals surface area contributed by atoms with Crippen molar-refractivity contribution >= 4 is 22.8 Å². The molecule has 0 radical (unpaired) electrons. The topological polar surface area (TPSA) is 106 Å². The normalized spacial score (nSPS) is 19.8. The molecule has 1 aromatic heterocycles. The molecule has 0 bridgehead atoms. The summed E-state index contributed by atoms with van der Waals surface area (Å²) in [7, 11) is 0. The predicted octanol–water partition coefficient (Wildman–Crippen LogP) is 1.16. The van der Waals surface area contributed by atoms with E-state index in [-0.39, 0.29) is 0 Å². The van der Waals surface area contributed by atoms with Gasteiger partial charge in [0.1, 0.15) is 0 Å². The molecule has 1 fully saturated rings. The molecule has 0 spiro atoms. The van der Waals surface area contributed by atoms with E-state index in [2.05, 4.69) is 54.7 Å². The fraction of sp³-hybridized carbons (Fsp3) is 0.222. The number of hydrazone groups is 1. The Morgan fingerprint density at radius 1 is 1.04 bits per heavy atom. The van der Waals surface area contributed by atoms with Gasteiger partial charge >= 0.3 is 0 Å². The number of H-pyrrole nitrogens is 1. The number of imidazole rings is 1. The van der Waals surface area contributed by atoms with Crippen molar-refractivity contribution in [2.24, 2.45) is 5.10 Å². The van der Waals surface area contributed by atoms with E-state index >= 15 is 0 Å². The number of nitrogen functional groups attached to an aromatic ring is 1. The number of hydrogen-bond acceptors (Lipinski definition) is 7. The average molecular weight is 348 g/mol. The molecular formula is C18H20N8. The Bertz CT molecular complexity index is 986. The minimum Gasteiger partial charge on any atom is -0.369 e. The molecule has 26 heavy (non-hydrogen) atoms. The summed E-state index contributed by atoms with van der Waals surface area (Å²) >= 11 is 0. The molecule has 2 aliphatic rings. The van der Waals surface area contributed by atoms with E-state index in [0.29, 0.717) is 12.0 Å². The molecule has 0 unspecified atom stereocenters. The lowest BCUT2D eigenvalue weighted by atomic mass is 9.97. The van der Waals surface area contributed by atoms with Gasteiger partial charge in [-0.3, -0.25) is 5.01 Å². The Kier molecular flexibility index (Phi) is 3.51. The van der Waals surface area contributed by atoms with Crippen LogP contribution in [0.2, 0.25) is 0 Å². The van der Waals surface area contributed by atoms with Gasteiger partial charge in [0.05, 0.1) is 17.1 Å². The number of para-hydroxylation sites is 1. The van der Waals surface area contributed by atoms with E-state index in [1.165, 1.54) is 0 Å². The summed E-state index contributed by atoms with van der Waals surface area (Å²) in [6, 6.07) is 14.7. The van der Waals surface area contributed by atoms with E-state index in [1.807, 2.05) is 24.3 Å². The zero-order valence-corrected chi connectivity index (χ0v) is 14.2. The lowest BCUT2D eigenvalue weighted by Gasteiger charge is -2.26. The molecule has 1 atom stereocenters. The van der Waals surface area contributed by atoms with E-state index < -0.39 is 0 Å². The van der Waals surface area contributed by atoms with Crippen LogP contribution in [0.3, 0.4) is 0 Å². The number of hydrazine groups is 2. The highest BCUT2D eigenvalue weighted by Crippen LogP contribution is 2.31. The molecule has 8 heteroatoms.